The molecule has 6 heteroatoms. The van der Waals surface area contributed by atoms with E-state index in [2.05, 4.69) is 4.72 Å². The van der Waals surface area contributed by atoms with Gasteiger partial charge in [0.05, 0.1) is 0 Å². The van der Waals surface area contributed by atoms with Crippen molar-refractivity contribution < 1.29 is 13.2 Å². The normalized spacial score (nSPS) is 25.6. The highest BCUT2D eigenvalue weighted by atomic mass is 32.2. The highest BCUT2D eigenvalue weighted by Crippen LogP contribution is 2.19. The summed E-state index contributed by atoms with van der Waals surface area (Å²) in [6.07, 6.45) is 0. The molecule has 5 nitrogen and oxygen atoms in total. The first kappa shape index (κ1) is 12.4. The Labute approximate surface area is 91.0 Å². The van der Waals surface area contributed by atoms with Gasteiger partial charge in [0.1, 0.15) is 6.04 Å². The van der Waals surface area contributed by atoms with Crippen LogP contribution in [0.4, 0.5) is 0 Å². The van der Waals surface area contributed by atoms with E-state index in [4.69, 9.17) is 0 Å². The number of amides is 1. The molecule has 15 heavy (non-hydrogen) atoms. The van der Waals surface area contributed by atoms with Crippen molar-refractivity contribution in [3.8, 4) is 0 Å². The summed E-state index contributed by atoms with van der Waals surface area (Å²) in [4.78, 5) is 11.8. The van der Waals surface area contributed by atoms with Crippen molar-refractivity contribution in [2.45, 2.75) is 33.7 Å². The number of carbonyl (C=O) groups excluding carboxylic acids is 1. The van der Waals surface area contributed by atoms with E-state index in [0.717, 1.165) is 4.31 Å². The van der Waals surface area contributed by atoms with Gasteiger partial charge < -0.3 is 0 Å². The topological polar surface area (TPSA) is 66.5 Å². The van der Waals surface area contributed by atoms with Crippen molar-refractivity contribution >= 4 is 16.1 Å². The number of nitrogens with one attached hydrogen (secondary N) is 1. The number of carbonyl (C=O) groups is 1. The van der Waals surface area contributed by atoms with Crippen LogP contribution >= 0.6 is 0 Å². The summed E-state index contributed by atoms with van der Waals surface area (Å²) < 4.78 is 26.6. The lowest BCUT2D eigenvalue weighted by atomic mass is 10.0. The molecule has 1 N–H and O–H groups in total. The predicted octanol–water partition coefficient (Wildman–Crippen LogP) is 0.344. The van der Waals surface area contributed by atoms with Crippen molar-refractivity contribution in [3.05, 3.63) is 0 Å². The molecule has 0 spiro atoms. The van der Waals surface area contributed by atoms with Gasteiger partial charge in [-0.3, -0.25) is 4.79 Å². The first-order valence-corrected chi connectivity index (χ1v) is 6.53. The molecule has 1 heterocycles. The quantitative estimate of drug-likeness (QED) is 0.766. The average Bonchev–Trinajstić information content (AvgIpc) is 2.27. The minimum atomic E-state index is -3.59. The van der Waals surface area contributed by atoms with E-state index >= 15 is 0 Å². The molecule has 0 aliphatic carbocycles. The van der Waals surface area contributed by atoms with Crippen LogP contribution in [0, 0.1) is 11.8 Å². The van der Waals surface area contributed by atoms with Crippen LogP contribution < -0.4 is 4.72 Å². The summed E-state index contributed by atoms with van der Waals surface area (Å²) in [6, 6.07) is -0.603. The molecule has 88 valence electrons. The molecule has 1 rings (SSSR count). The number of rotatable bonds is 3. The standard InChI is InChI=1S/C9H18N2O3S/c1-6(2)5-11-9(12)8(7(3)4)10-15(11,13)14/h6-8,10H,5H2,1-4H3/t8-/m0/s1. The zero-order valence-electron chi connectivity index (χ0n) is 9.52. The molecular formula is C9H18N2O3S. The molecule has 1 aliphatic rings. The minimum Gasteiger partial charge on any atom is -0.272 e. The smallest absolute Gasteiger partial charge is 0.272 e. The van der Waals surface area contributed by atoms with Crippen LogP contribution in [0.25, 0.3) is 0 Å². The Morgan fingerprint density at radius 2 is 1.87 bits per heavy atom. The summed E-state index contributed by atoms with van der Waals surface area (Å²) in [6.45, 7) is 7.66. The largest absolute Gasteiger partial charge is 0.304 e. The third-order valence-electron chi connectivity index (χ3n) is 2.28. The lowest BCUT2D eigenvalue weighted by Crippen LogP contribution is -2.36. The molecule has 0 unspecified atom stereocenters. The zero-order valence-corrected chi connectivity index (χ0v) is 10.3. The van der Waals surface area contributed by atoms with Gasteiger partial charge in [-0.1, -0.05) is 27.7 Å². The van der Waals surface area contributed by atoms with Crippen molar-refractivity contribution in [2.75, 3.05) is 6.54 Å². The molecule has 0 saturated carbocycles. The first-order valence-electron chi connectivity index (χ1n) is 5.09. The zero-order chi connectivity index (χ0) is 11.8. The number of nitrogens with zero attached hydrogens (tertiary/aromatic N) is 1. The maximum absolute atomic E-state index is 11.8. The molecule has 1 aliphatic heterocycles. The summed E-state index contributed by atoms with van der Waals surface area (Å²) >= 11 is 0. The number of hydrogen-bond donors (Lipinski definition) is 1. The van der Waals surface area contributed by atoms with E-state index in [-0.39, 0.29) is 24.3 Å². The lowest BCUT2D eigenvalue weighted by Gasteiger charge is -2.16. The minimum absolute atomic E-state index is 0.0237. The monoisotopic (exact) mass is 234 g/mol. The van der Waals surface area contributed by atoms with Gasteiger partial charge in [-0.05, 0) is 11.8 Å². The van der Waals surface area contributed by atoms with Crippen LogP contribution in [-0.2, 0) is 15.0 Å². The summed E-state index contributed by atoms with van der Waals surface area (Å²) in [7, 11) is -3.59. The molecular weight excluding hydrogens is 216 g/mol. The van der Waals surface area contributed by atoms with E-state index in [0.29, 0.717) is 0 Å². The second-order valence-electron chi connectivity index (χ2n) is 4.61. The van der Waals surface area contributed by atoms with Gasteiger partial charge in [-0.25, -0.2) is 4.31 Å². The first-order chi connectivity index (χ1) is 6.75. The molecule has 0 radical (unpaired) electrons. The molecule has 1 saturated heterocycles. The molecule has 1 fully saturated rings. The van der Waals surface area contributed by atoms with Gasteiger partial charge in [0, 0.05) is 6.54 Å². The van der Waals surface area contributed by atoms with E-state index in [1.807, 2.05) is 27.7 Å². The molecule has 0 aromatic heterocycles. The third kappa shape index (κ3) is 2.49. The maximum atomic E-state index is 11.8. The Hall–Kier alpha value is -0.620. The Kier molecular flexibility index (Phi) is 3.40. The Morgan fingerprint density at radius 3 is 2.20 bits per heavy atom. The highest BCUT2D eigenvalue weighted by Gasteiger charge is 2.44. The van der Waals surface area contributed by atoms with Crippen molar-refractivity contribution in [3.63, 3.8) is 0 Å². The molecule has 1 atom stereocenters. The highest BCUT2D eigenvalue weighted by molar-refractivity contribution is 7.88. The van der Waals surface area contributed by atoms with Crippen LogP contribution in [0.3, 0.4) is 0 Å². The summed E-state index contributed by atoms with van der Waals surface area (Å²) in [5, 5.41) is 0. The Bertz CT molecular complexity index is 348. The van der Waals surface area contributed by atoms with E-state index in [9.17, 15) is 13.2 Å². The fourth-order valence-electron chi connectivity index (χ4n) is 1.49. The maximum Gasteiger partial charge on any atom is 0.304 e. The molecule has 0 aromatic carbocycles. The van der Waals surface area contributed by atoms with Gasteiger partial charge >= 0.3 is 10.2 Å². The summed E-state index contributed by atoms with van der Waals surface area (Å²) in [5.74, 6) is -0.223. The van der Waals surface area contributed by atoms with Gasteiger partial charge in [0.25, 0.3) is 5.91 Å². The fourth-order valence-corrected chi connectivity index (χ4v) is 3.16. The van der Waals surface area contributed by atoms with Crippen LogP contribution in [-0.4, -0.2) is 31.2 Å². The number of hydrogen-bond acceptors (Lipinski definition) is 3. The van der Waals surface area contributed by atoms with E-state index in [1.165, 1.54) is 0 Å². The summed E-state index contributed by atoms with van der Waals surface area (Å²) in [5.41, 5.74) is 0. The van der Waals surface area contributed by atoms with E-state index < -0.39 is 16.3 Å². The SMILES string of the molecule is CC(C)CN1C(=O)[C@H](C(C)C)NS1(=O)=O. The Balaban J connectivity index is 2.93. The van der Waals surface area contributed by atoms with Crippen molar-refractivity contribution in [1.29, 1.82) is 0 Å². The third-order valence-corrected chi connectivity index (χ3v) is 3.74. The second kappa shape index (κ2) is 4.09. The molecule has 0 aromatic rings. The van der Waals surface area contributed by atoms with Crippen LogP contribution in [0.15, 0.2) is 0 Å². The van der Waals surface area contributed by atoms with Gasteiger partial charge in [-0.15, -0.1) is 0 Å². The average molecular weight is 234 g/mol. The van der Waals surface area contributed by atoms with Gasteiger partial charge in [0.2, 0.25) is 0 Å². The second-order valence-corrected chi connectivity index (χ2v) is 6.23. The lowest BCUT2D eigenvalue weighted by molar-refractivity contribution is -0.127. The van der Waals surface area contributed by atoms with Crippen LogP contribution in [0.2, 0.25) is 0 Å². The Morgan fingerprint density at radius 1 is 1.33 bits per heavy atom. The predicted molar refractivity (Wildman–Crippen MR) is 57.2 cm³/mol. The van der Waals surface area contributed by atoms with Gasteiger partial charge in [-0.2, -0.15) is 13.1 Å². The van der Waals surface area contributed by atoms with Crippen molar-refractivity contribution in [2.24, 2.45) is 11.8 Å². The fraction of sp³-hybridized carbons (Fsp3) is 0.889. The van der Waals surface area contributed by atoms with Crippen LogP contribution in [0.5, 0.6) is 0 Å². The molecule has 0 bridgehead atoms. The molecule has 1 amide bonds. The van der Waals surface area contributed by atoms with Crippen molar-refractivity contribution in [1.82, 2.24) is 9.03 Å². The van der Waals surface area contributed by atoms with Gasteiger partial charge in [0.15, 0.2) is 0 Å². The van der Waals surface area contributed by atoms with E-state index in [1.54, 1.807) is 0 Å². The van der Waals surface area contributed by atoms with Crippen LogP contribution in [0.1, 0.15) is 27.7 Å².